The Hall–Kier alpha value is -1.13. The minimum atomic E-state index is -0.0480. The van der Waals surface area contributed by atoms with E-state index in [1.54, 1.807) is 4.68 Å². The third kappa shape index (κ3) is 1.26. The van der Waals surface area contributed by atoms with Crippen LogP contribution in [-0.2, 0) is 5.54 Å². The van der Waals surface area contributed by atoms with E-state index in [9.17, 15) is 0 Å². The highest BCUT2D eigenvalue weighted by atomic mass is 15.6. The molecule has 0 spiro atoms. The van der Waals surface area contributed by atoms with E-state index < -0.39 is 0 Å². The molecule has 2 N–H and O–H groups in total. The lowest BCUT2D eigenvalue weighted by atomic mass is 9.96. The minimum Gasteiger partial charge on any atom is -0.367 e. The molecule has 0 amide bonds. The van der Waals surface area contributed by atoms with Gasteiger partial charge < -0.3 is 5.73 Å². The second kappa shape index (κ2) is 3.08. The normalized spacial score (nSPS) is 11.9. The van der Waals surface area contributed by atoms with Crippen molar-refractivity contribution in [2.75, 3.05) is 5.73 Å². The number of tetrazole rings is 1. The highest BCUT2D eigenvalue weighted by Crippen LogP contribution is 2.24. The number of hydrogen-bond donors (Lipinski definition) is 1. The molecule has 68 valence electrons. The molecule has 1 rings (SSSR count). The van der Waals surface area contributed by atoms with Gasteiger partial charge in [0.25, 0.3) is 0 Å². The maximum absolute atomic E-state index is 5.60. The van der Waals surface area contributed by atoms with Gasteiger partial charge in [0.15, 0.2) is 0 Å². The first-order valence-corrected chi connectivity index (χ1v) is 4.18. The van der Waals surface area contributed by atoms with Crippen LogP contribution in [0.25, 0.3) is 0 Å². The lowest BCUT2D eigenvalue weighted by Crippen LogP contribution is -2.30. The van der Waals surface area contributed by atoms with Crippen molar-refractivity contribution in [2.45, 2.75) is 39.2 Å². The third-order valence-electron chi connectivity index (χ3n) is 2.53. The quantitative estimate of drug-likeness (QED) is 0.726. The molecule has 5 nitrogen and oxygen atoms in total. The zero-order valence-electron chi connectivity index (χ0n) is 7.78. The van der Waals surface area contributed by atoms with Crippen LogP contribution < -0.4 is 5.73 Å². The van der Waals surface area contributed by atoms with Gasteiger partial charge in [-0.25, -0.2) is 4.68 Å². The van der Waals surface area contributed by atoms with Crippen molar-refractivity contribution >= 4 is 5.95 Å². The molecule has 0 aliphatic carbocycles. The zero-order valence-corrected chi connectivity index (χ0v) is 7.78. The molecule has 0 atom stereocenters. The lowest BCUT2D eigenvalue weighted by molar-refractivity contribution is 0.263. The molecular weight excluding hydrogens is 154 g/mol. The first kappa shape index (κ1) is 8.96. The average molecular weight is 169 g/mol. The van der Waals surface area contributed by atoms with Crippen LogP contribution in [0.5, 0.6) is 0 Å². The Balaban J connectivity index is 3.02. The summed E-state index contributed by atoms with van der Waals surface area (Å²) in [6.07, 6.45) is 1.94. The van der Waals surface area contributed by atoms with E-state index in [-0.39, 0.29) is 5.54 Å². The Morgan fingerprint density at radius 3 is 2.33 bits per heavy atom. The highest BCUT2D eigenvalue weighted by molar-refractivity contribution is 5.13. The van der Waals surface area contributed by atoms with Crippen LogP contribution in [0.4, 0.5) is 5.95 Å². The van der Waals surface area contributed by atoms with Gasteiger partial charge in [0.1, 0.15) is 0 Å². The number of nitrogen functional groups attached to an aromatic ring is 1. The van der Waals surface area contributed by atoms with Crippen LogP contribution in [0.1, 0.15) is 33.6 Å². The van der Waals surface area contributed by atoms with Crippen molar-refractivity contribution in [1.29, 1.82) is 0 Å². The fourth-order valence-corrected chi connectivity index (χ4v) is 1.13. The van der Waals surface area contributed by atoms with Crippen LogP contribution in [0.15, 0.2) is 0 Å². The Labute approximate surface area is 71.9 Å². The average Bonchev–Trinajstić information content (AvgIpc) is 2.51. The fourth-order valence-electron chi connectivity index (χ4n) is 1.13. The van der Waals surface area contributed by atoms with Gasteiger partial charge in [-0.15, -0.1) is 0 Å². The Morgan fingerprint density at radius 2 is 2.00 bits per heavy atom. The van der Waals surface area contributed by atoms with Crippen LogP contribution in [0.3, 0.4) is 0 Å². The third-order valence-corrected chi connectivity index (χ3v) is 2.53. The summed E-state index contributed by atoms with van der Waals surface area (Å²) >= 11 is 0. The number of anilines is 1. The lowest BCUT2D eigenvalue weighted by Gasteiger charge is -2.26. The summed E-state index contributed by atoms with van der Waals surface area (Å²) in [5.41, 5.74) is 5.56. The van der Waals surface area contributed by atoms with E-state index in [0.29, 0.717) is 5.95 Å². The van der Waals surface area contributed by atoms with E-state index in [2.05, 4.69) is 36.3 Å². The molecule has 0 saturated heterocycles. The maximum Gasteiger partial charge on any atom is 0.240 e. The fraction of sp³-hybridized carbons (Fsp3) is 0.857. The maximum atomic E-state index is 5.60. The molecule has 1 aromatic rings. The van der Waals surface area contributed by atoms with Gasteiger partial charge in [0.05, 0.1) is 5.54 Å². The molecule has 0 radical (unpaired) electrons. The van der Waals surface area contributed by atoms with Crippen molar-refractivity contribution in [1.82, 2.24) is 20.2 Å². The van der Waals surface area contributed by atoms with Gasteiger partial charge in [0.2, 0.25) is 5.95 Å². The SMILES string of the molecule is CCC(C)(CC)n1nnnc1N. The van der Waals surface area contributed by atoms with Crippen LogP contribution >= 0.6 is 0 Å². The number of nitrogens with zero attached hydrogens (tertiary/aromatic N) is 4. The largest absolute Gasteiger partial charge is 0.367 e. The first-order chi connectivity index (χ1) is 5.64. The molecule has 5 heteroatoms. The molecule has 1 aromatic heterocycles. The second-order valence-electron chi connectivity index (χ2n) is 3.15. The second-order valence-corrected chi connectivity index (χ2v) is 3.15. The molecule has 1 heterocycles. The van der Waals surface area contributed by atoms with Crippen molar-refractivity contribution < 1.29 is 0 Å². The van der Waals surface area contributed by atoms with E-state index in [4.69, 9.17) is 5.73 Å². The molecule has 0 aliphatic heterocycles. The highest BCUT2D eigenvalue weighted by Gasteiger charge is 2.25. The summed E-state index contributed by atoms with van der Waals surface area (Å²) in [6, 6.07) is 0. The first-order valence-electron chi connectivity index (χ1n) is 4.18. The topological polar surface area (TPSA) is 69.6 Å². The summed E-state index contributed by atoms with van der Waals surface area (Å²) in [5, 5.41) is 11.0. The summed E-state index contributed by atoms with van der Waals surface area (Å²) in [4.78, 5) is 0. The molecule has 0 unspecified atom stereocenters. The van der Waals surface area contributed by atoms with Crippen LogP contribution in [0, 0.1) is 0 Å². The molecule has 12 heavy (non-hydrogen) atoms. The van der Waals surface area contributed by atoms with Gasteiger partial charge in [-0.05, 0) is 30.2 Å². The van der Waals surface area contributed by atoms with Crippen molar-refractivity contribution in [2.24, 2.45) is 0 Å². The van der Waals surface area contributed by atoms with Crippen LogP contribution in [0.2, 0.25) is 0 Å². The Kier molecular flexibility index (Phi) is 2.30. The van der Waals surface area contributed by atoms with Crippen molar-refractivity contribution in [3.8, 4) is 0 Å². The van der Waals surface area contributed by atoms with Crippen molar-refractivity contribution in [3.05, 3.63) is 0 Å². The van der Waals surface area contributed by atoms with E-state index in [1.165, 1.54) is 0 Å². The van der Waals surface area contributed by atoms with Gasteiger partial charge >= 0.3 is 0 Å². The summed E-state index contributed by atoms with van der Waals surface area (Å²) in [6.45, 7) is 6.30. The predicted molar refractivity (Wildman–Crippen MR) is 46.5 cm³/mol. The van der Waals surface area contributed by atoms with Gasteiger partial charge in [-0.1, -0.05) is 18.9 Å². The summed E-state index contributed by atoms with van der Waals surface area (Å²) in [5.74, 6) is 0.390. The molecule has 0 fully saturated rings. The molecule has 0 bridgehead atoms. The molecular formula is C7H15N5. The van der Waals surface area contributed by atoms with E-state index >= 15 is 0 Å². The number of nitrogens with two attached hydrogens (primary N) is 1. The smallest absolute Gasteiger partial charge is 0.240 e. The van der Waals surface area contributed by atoms with Gasteiger partial charge in [-0.3, -0.25) is 0 Å². The number of aromatic nitrogens is 4. The van der Waals surface area contributed by atoms with E-state index in [1.807, 2.05) is 0 Å². The summed E-state index contributed by atoms with van der Waals surface area (Å²) < 4.78 is 1.69. The Bertz CT molecular complexity index is 250. The number of hydrogen-bond acceptors (Lipinski definition) is 4. The molecule has 0 aromatic carbocycles. The van der Waals surface area contributed by atoms with Gasteiger partial charge in [0, 0.05) is 0 Å². The number of rotatable bonds is 3. The minimum absolute atomic E-state index is 0.0480. The van der Waals surface area contributed by atoms with Gasteiger partial charge in [-0.2, -0.15) is 0 Å². The monoisotopic (exact) mass is 169 g/mol. The standard InChI is InChI=1S/C7H15N5/c1-4-7(3,5-2)12-6(8)9-10-11-12/h4-5H2,1-3H3,(H2,8,9,11). The van der Waals surface area contributed by atoms with E-state index in [0.717, 1.165) is 12.8 Å². The van der Waals surface area contributed by atoms with Crippen LogP contribution in [-0.4, -0.2) is 20.2 Å². The summed E-state index contributed by atoms with van der Waals surface area (Å²) in [7, 11) is 0. The zero-order chi connectivity index (χ0) is 9.19. The van der Waals surface area contributed by atoms with Crippen molar-refractivity contribution in [3.63, 3.8) is 0 Å². The predicted octanol–water partition coefficient (Wildman–Crippen LogP) is 0.790. The molecule has 0 saturated carbocycles. The molecule has 0 aliphatic rings. The Morgan fingerprint density at radius 1 is 1.42 bits per heavy atom.